The minimum Gasteiger partial charge on any atom is -0.323 e. The fourth-order valence-corrected chi connectivity index (χ4v) is 1.97. The number of nitrogens with zero attached hydrogens (tertiary/aromatic N) is 2. The van der Waals surface area contributed by atoms with Gasteiger partial charge in [-0.15, -0.1) is 0 Å². The Bertz CT molecular complexity index is 287. The zero-order valence-corrected chi connectivity index (χ0v) is 8.61. The highest BCUT2D eigenvalue weighted by Crippen LogP contribution is 2.16. The van der Waals surface area contributed by atoms with Crippen molar-refractivity contribution in [1.82, 2.24) is 9.88 Å². The van der Waals surface area contributed by atoms with E-state index in [1.165, 1.54) is 5.56 Å². The summed E-state index contributed by atoms with van der Waals surface area (Å²) in [5.74, 6) is 0. The first-order valence-corrected chi connectivity index (χ1v) is 5.06. The lowest BCUT2D eigenvalue weighted by Crippen LogP contribution is -2.65. The largest absolute Gasteiger partial charge is 0.323 e. The van der Waals surface area contributed by atoms with Crippen LogP contribution < -0.4 is 5.73 Å². The van der Waals surface area contributed by atoms with Gasteiger partial charge in [0, 0.05) is 37.6 Å². The minimum absolute atomic E-state index is 0.0505. The van der Waals surface area contributed by atoms with E-state index in [1.54, 1.807) is 0 Å². The van der Waals surface area contributed by atoms with Crippen LogP contribution in [0.5, 0.6) is 0 Å². The molecule has 0 saturated carbocycles. The van der Waals surface area contributed by atoms with Gasteiger partial charge in [-0.3, -0.25) is 9.88 Å². The van der Waals surface area contributed by atoms with Gasteiger partial charge in [0.15, 0.2) is 0 Å². The van der Waals surface area contributed by atoms with Crippen molar-refractivity contribution in [3.8, 4) is 0 Å². The second-order valence-electron chi connectivity index (χ2n) is 4.48. The molecule has 1 aliphatic heterocycles. The SMILES string of the molecule is CC1(N)CN(CCc2cccnc2)C1. The van der Waals surface area contributed by atoms with Crippen LogP contribution in [0.15, 0.2) is 24.5 Å². The van der Waals surface area contributed by atoms with Crippen LogP contribution in [0, 0.1) is 0 Å². The summed E-state index contributed by atoms with van der Waals surface area (Å²) in [5, 5.41) is 0. The molecule has 0 radical (unpaired) electrons. The highest BCUT2D eigenvalue weighted by atomic mass is 15.2. The summed E-state index contributed by atoms with van der Waals surface area (Å²) >= 11 is 0. The van der Waals surface area contributed by atoms with Crippen LogP contribution in [0.25, 0.3) is 0 Å². The summed E-state index contributed by atoms with van der Waals surface area (Å²) < 4.78 is 0. The highest BCUT2D eigenvalue weighted by molar-refractivity contribution is 5.09. The molecule has 2 N–H and O–H groups in total. The molecule has 76 valence electrons. The Morgan fingerprint density at radius 1 is 1.57 bits per heavy atom. The van der Waals surface area contributed by atoms with Crippen LogP contribution in [-0.2, 0) is 6.42 Å². The smallest absolute Gasteiger partial charge is 0.0383 e. The van der Waals surface area contributed by atoms with E-state index in [-0.39, 0.29) is 5.54 Å². The van der Waals surface area contributed by atoms with Gasteiger partial charge >= 0.3 is 0 Å². The van der Waals surface area contributed by atoms with Gasteiger partial charge in [-0.05, 0) is 25.0 Å². The summed E-state index contributed by atoms with van der Waals surface area (Å²) in [6.07, 6.45) is 4.81. The lowest BCUT2D eigenvalue weighted by molar-refractivity contribution is 0.0855. The predicted molar refractivity (Wildman–Crippen MR) is 57.0 cm³/mol. The third-order valence-electron chi connectivity index (χ3n) is 2.61. The van der Waals surface area contributed by atoms with Gasteiger partial charge < -0.3 is 5.73 Å². The second kappa shape index (κ2) is 3.67. The van der Waals surface area contributed by atoms with Crippen molar-refractivity contribution >= 4 is 0 Å². The van der Waals surface area contributed by atoms with E-state index in [0.717, 1.165) is 26.1 Å². The Hall–Kier alpha value is -0.930. The number of hydrogen-bond acceptors (Lipinski definition) is 3. The fourth-order valence-electron chi connectivity index (χ4n) is 1.97. The molecular formula is C11H17N3. The molecule has 1 saturated heterocycles. The van der Waals surface area contributed by atoms with Crippen molar-refractivity contribution in [1.29, 1.82) is 0 Å². The maximum absolute atomic E-state index is 5.93. The summed E-state index contributed by atoms with van der Waals surface area (Å²) in [6.45, 7) is 5.24. The molecule has 0 aliphatic carbocycles. The van der Waals surface area contributed by atoms with Gasteiger partial charge in [-0.1, -0.05) is 6.07 Å². The molecule has 0 atom stereocenters. The van der Waals surface area contributed by atoms with E-state index >= 15 is 0 Å². The topological polar surface area (TPSA) is 42.1 Å². The molecular weight excluding hydrogens is 174 g/mol. The molecule has 2 heterocycles. The molecule has 1 aromatic heterocycles. The first-order chi connectivity index (χ1) is 6.66. The Labute approximate surface area is 84.9 Å². The number of hydrogen-bond donors (Lipinski definition) is 1. The Balaban J connectivity index is 1.75. The monoisotopic (exact) mass is 191 g/mol. The molecule has 14 heavy (non-hydrogen) atoms. The quantitative estimate of drug-likeness (QED) is 0.763. The van der Waals surface area contributed by atoms with Crippen molar-refractivity contribution in [2.75, 3.05) is 19.6 Å². The maximum Gasteiger partial charge on any atom is 0.0383 e. The van der Waals surface area contributed by atoms with E-state index in [4.69, 9.17) is 5.73 Å². The lowest BCUT2D eigenvalue weighted by Gasteiger charge is -2.45. The van der Waals surface area contributed by atoms with Crippen molar-refractivity contribution in [3.05, 3.63) is 30.1 Å². The Morgan fingerprint density at radius 2 is 2.36 bits per heavy atom. The molecule has 1 aromatic rings. The Morgan fingerprint density at radius 3 is 2.93 bits per heavy atom. The van der Waals surface area contributed by atoms with Gasteiger partial charge in [0.05, 0.1) is 0 Å². The first-order valence-electron chi connectivity index (χ1n) is 5.06. The third kappa shape index (κ3) is 2.30. The molecule has 2 rings (SSSR count). The molecule has 3 heteroatoms. The van der Waals surface area contributed by atoms with Crippen molar-refractivity contribution < 1.29 is 0 Å². The van der Waals surface area contributed by atoms with Crippen molar-refractivity contribution in [2.24, 2.45) is 5.73 Å². The number of aromatic nitrogens is 1. The van der Waals surface area contributed by atoms with Gasteiger partial charge in [0.2, 0.25) is 0 Å². The molecule has 1 aliphatic rings. The van der Waals surface area contributed by atoms with E-state index < -0.39 is 0 Å². The summed E-state index contributed by atoms with van der Waals surface area (Å²) in [7, 11) is 0. The van der Waals surface area contributed by atoms with Crippen LogP contribution >= 0.6 is 0 Å². The minimum atomic E-state index is 0.0505. The molecule has 3 nitrogen and oxygen atoms in total. The summed E-state index contributed by atoms with van der Waals surface area (Å²) in [4.78, 5) is 6.47. The predicted octanol–water partition coefficient (Wildman–Crippen LogP) is 0.657. The van der Waals surface area contributed by atoms with Gasteiger partial charge in [-0.2, -0.15) is 0 Å². The zero-order chi connectivity index (χ0) is 10.0. The average Bonchev–Trinajstić information content (AvgIpc) is 2.13. The standard InChI is InChI=1S/C11H17N3/c1-11(12)8-14(9-11)6-4-10-3-2-5-13-7-10/h2-3,5,7H,4,6,8-9,12H2,1H3. The molecule has 0 amide bonds. The van der Waals surface area contributed by atoms with Crippen LogP contribution in [0.3, 0.4) is 0 Å². The Kier molecular flexibility index (Phi) is 2.52. The van der Waals surface area contributed by atoms with Crippen LogP contribution in [0.2, 0.25) is 0 Å². The van der Waals surface area contributed by atoms with Crippen LogP contribution in [-0.4, -0.2) is 35.1 Å². The second-order valence-corrected chi connectivity index (χ2v) is 4.48. The number of nitrogens with two attached hydrogens (primary N) is 1. The van der Waals surface area contributed by atoms with E-state index in [0.29, 0.717) is 0 Å². The molecule has 0 bridgehead atoms. The summed E-state index contributed by atoms with van der Waals surface area (Å²) in [6, 6.07) is 4.10. The van der Waals surface area contributed by atoms with Crippen LogP contribution in [0.4, 0.5) is 0 Å². The van der Waals surface area contributed by atoms with Gasteiger partial charge in [0.1, 0.15) is 0 Å². The first kappa shape index (κ1) is 9.62. The third-order valence-corrected chi connectivity index (χ3v) is 2.61. The highest BCUT2D eigenvalue weighted by Gasteiger charge is 2.33. The molecule has 1 fully saturated rings. The van der Waals surface area contributed by atoms with E-state index in [1.807, 2.05) is 18.5 Å². The zero-order valence-electron chi connectivity index (χ0n) is 8.61. The molecule has 0 aromatic carbocycles. The van der Waals surface area contributed by atoms with E-state index in [2.05, 4.69) is 22.9 Å². The summed E-state index contributed by atoms with van der Waals surface area (Å²) in [5.41, 5.74) is 7.28. The number of pyridine rings is 1. The number of rotatable bonds is 3. The average molecular weight is 191 g/mol. The van der Waals surface area contributed by atoms with E-state index in [9.17, 15) is 0 Å². The molecule has 0 spiro atoms. The number of likely N-dealkylation sites (tertiary alicyclic amines) is 1. The van der Waals surface area contributed by atoms with Crippen molar-refractivity contribution in [2.45, 2.75) is 18.9 Å². The van der Waals surface area contributed by atoms with Gasteiger partial charge in [-0.25, -0.2) is 0 Å². The van der Waals surface area contributed by atoms with Crippen molar-refractivity contribution in [3.63, 3.8) is 0 Å². The normalized spacial score (nSPS) is 20.4. The lowest BCUT2D eigenvalue weighted by atomic mass is 9.93. The van der Waals surface area contributed by atoms with Crippen LogP contribution in [0.1, 0.15) is 12.5 Å². The van der Waals surface area contributed by atoms with Gasteiger partial charge in [0.25, 0.3) is 0 Å². The fraction of sp³-hybridized carbons (Fsp3) is 0.545. The maximum atomic E-state index is 5.93. The molecule has 0 unspecified atom stereocenters.